The third-order valence-electron chi connectivity index (χ3n) is 3.89. The van der Waals surface area contributed by atoms with Gasteiger partial charge in [0, 0.05) is 11.3 Å². The number of benzene rings is 2. The van der Waals surface area contributed by atoms with E-state index in [0.29, 0.717) is 22.7 Å². The molecule has 0 aliphatic heterocycles. The highest BCUT2D eigenvalue weighted by Gasteiger charge is 2.22. The number of amides is 1. The van der Waals surface area contributed by atoms with Gasteiger partial charge < -0.3 is 9.84 Å². The highest BCUT2D eigenvalue weighted by molar-refractivity contribution is 7.89. The van der Waals surface area contributed by atoms with Crippen molar-refractivity contribution in [2.24, 2.45) is 5.14 Å². The van der Waals surface area contributed by atoms with Crippen LogP contribution in [0.15, 0.2) is 57.9 Å². The first-order valence-electron chi connectivity index (χ1n) is 7.74. The van der Waals surface area contributed by atoms with Gasteiger partial charge in [0.25, 0.3) is 5.91 Å². The first kappa shape index (κ1) is 17.8. The van der Waals surface area contributed by atoms with Crippen LogP contribution >= 0.6 is 0 Å². The van der Waals surface area contributed by atoms with Crippen molar-refractivity contribution in [3.63, 3.8) is 0 Å². The van der Waals surface area contributed by atoms with Crippen LogP contribution in [-0.2, 0) is 10.0 Å². The molecule has 0 atom stereocenters. The molecule has 3 aromatic rings. The number of aryl methyl sites for hydroxylation is 2. The number of anilines is 1. The number of rotatable bonds is 4. The van der Waals surface area contributed by atoms with Crippen LogP contribution in [0.3, 0.4) is 0 Å². The molecule has 134 valence electrons. The summed E-state index contributed by atoms with van der Waals surface area (Å²) in [5.41, 5.74) is 2.25. The van der Waals surface area contributed by atoms with Crippen LogP contribution in [0, 0.1) is 13.8 Å². The van der Waals surface area contributed by atoms with E-state index in [0.717, 1.165) is 5.56 Å². The molecule has 1 heterocycles. The maximum Gasteiger partial charge on any atom is 0.261 e. The number of hydrogen-bond acceptors (Lipinski definition) is 5. The lowest BCUT2D eigenvalue weighted by Gasteiger charge is -2.09. The predicted octanol–water partition coefficient (Wildman–Crippen LogP) is 2.86. The molecule has 0 saturated carbocycles. The lowest BCUT2D eigenvalue weighted by molar-refractivity contribution is 0.102. The van der Waals surface area contributed by atoms with Gasteiger partial charge in [-0.05, 0) is 31.5 Å². The van der Waals surface area contributed by atoms with Crippen LogP contribution in [0.1, 0.15) is 21.7 Å². The maximum absolute atomic E-state index is 12.7. The van der Waals surface area contributed by atoms with E-state index in [1.807, 2.05) is 30.3 Å². The molecule has 8 heteroatoms. The van der Waals surface area contributed by atoms with Crippen molar-refractivity contribution in [1.82, 2.24) is 5.16 Å². The summed E-state index contributed by atoms with van der Waals surface area (Å²) in [6.45, 7) is 3.27. The topological polar surface area (TPSA) is 115 Å². The van der Waals surface area contributed by atoms with Crippen LogP contribution in [0.4, 0.5) is 5.69 Å². The second kappa shape index (κ2) is 6.74. The Labute approximate surface area is 150 Å². The molecule has 0 unspecified atom stereocenters. The van der Waals surface area contributed by atoms with Crippen molar-refractivity contribution in [3.8, 4) is 11.3 Å². The Kier molecular flexibility index (Phi) is 4.62. The zero-order valence-electron chi connectivity index (χ0n) is 14.2. The Balaban J connectivity index is 1.97. The minimum absolute atomic E-state index is 0.0411. The number of primary sulfonamides is 1. The Morgan fingerprint density at radius 1 is 1.12 bits per heavy atom. The molecule has 1 amide bonds. The zero-order valence-corrected chi connectivity index (χ0v) is 15.0. The van der Waals surface area contributed by atoms with Crippen LogP contribution in [-0.4, -0.2) is 19.5 Å². The van der Waals surface area contributed by atoms with Crippen LogP contribution < -0.4 is 10.5 Å². The standard InChI is InChI=1S/C18H17N3O4S/c1-11-8-9-14(10-15(11)26(19,23)24)20-18(22)16-12(2)25-21-17(16)13-6-4-3-5-7-13/h3-10H,1-2H3,(H,20,22)(H2,19,23,24). The van der Waals surface area contributed by atoms with Crippen molar-refractivity contribution in [3.05, 3.63) is 65.4 Å². The van der Waals surface area contributed by atoms with Gasteiger partial charge in [-0.25, -0.2) is 13.6 Å². The molecular weight excluding hydrogens is 354 g/mol. The molecule has 0 fully saturated rings. The molecule has 0 spiro atoms. The van der Waals surface area contributed by atoms with Crippen molar-refractivity contribution in [1.29, 1.82) is 0 Å². The molecule has 0 aliphatic rings. The predicted molar refractivity (Wildman–Crippen MR) is 97.2 cm³/mol. The van der Waals surface area contributed by atoms with Gasteiger partial charge in [-0.2, -0.15) is 0 Å². The van der Waals surface area contributed by atoms with Crippen LogP contribution in [0.5, 0.6) is 0 Å². The minimum Gasteiger partial charge on any atom is -0.360 e. The first-order valence-corrected chi connectivity index (χ1v) is 9.28. The van der Waals surface area contributed by atoms with Gasteiger partial charge >= 0.3 is 0 Å². The average molecular weight is 371 g/mol. The number of nitrogens with zero attached hydrogens (tertiary/aromatic N) is 1. The highest BCUT2D eigenvalue weighted by Crippen LogP contribution is 2.26. The molecule has 0 aliphatic carbocycles. The summed E-state index contributed by atoms with van der Waals surface area (Å²) in [6.07, 6.45) is 0. The number of aromatic nitrogens is 1. The van der Waals surface area contributed by atoms with E-state index in [1.54, 1.807) is 26.0 Å². The molecule has 0 radical (unpaired) electrons. The summed E-state index contributed by atoms with van der Waals surface area (Å²) in [4.78, 5) is 12.7. The van der Waals surface area contributed by atoms with Gasteiger partial charge in [0.2, 0.25) is 10.0 Å². The number of carbonyl (C=O) groups is 1. The number of nitrogens with two attached hydrogens (primary N) is 1. The number of sulfonamides is 1. The number of nitrogens with one attached hydrogen (secondary N) is 1. The quantitative estimate of drug-likeness (QED) is 0.732. The summed E-state index contributed by atoms with van der Waals surface area (Å²) in [5, 5.41) is 11.9. The Bertz CT molecular complexity index is 1070. The van der Waals surface area contributed by atoms with Crippen LogP contribution in [0.25, 0.3) is 11.3 Å². The van der Waals surface area contributed by atoms with Crippen LogP contribution in [0.2, 0.25) is 0 Å². The Morgan fingerprint density at radius 2 is 1.81 bits per heavy atom. The summed E-state index contributed by atoms with van der Waals surface area (Å²) in [7, 11) is -3.89. The van der Waals surface area contributed by atoms with Gasteiger partial charge in [-0.1, -0.05) is 41.6 Å². The lowest BCUT2D eigenvalue weighted by Crippen LogP contribution is -2.16. The van der Waals surface area contributed by atoms with Crippen molar-refractivity contribution >= 4 is 21.6 Å². The molecule has 3 rings (SSSR count). The van der Waals surface area contributed by atoms with Gasteiger partial charge in [-0.3, -0.25) is 4.79 Å². The van der Waals surface area contributed by atoms with Crippen molar-refractivity contribution < 1.29 is 17.7 Å². The van der Waals surface area contributed by atoms with Crippen molar-refractivity contribution in [2.75, 3.05) is 5.32 Å². The minimum atomic E-state index is -3.89. The molecule has 7 nitrogen and oxygen atoms in total. The summed E-state index contributed by atoms with van der Waals surface area (Å²) in [5.74, 6) is -0.0908. The zero-order chi connectivity index (χ0) is 18.9. The molecule has 0 saturated heterocycles. The van der Waals surface area contributed by atoms with E-state index in [1.165, 1.54) is 6.07 Å². The number of carbonyl (C=O) groups excluding carboxylic acids is 1. The fourth-order valence-corrected chi connectivity index (χ4v) is 3.42. The van der Waals surface area contributed by atoms with Gasteiger partial charge in [-0.15, -0.1) is 0 Å². The SMILES string of the molecule is Cc1ccc(NC(=O)c2c(-c3ccccc3)noc2C)cc1S(N)(=O)=O. The van der Waals surface area contributed by atoms with E-state index in [-0.39, 0.29) is 10.5 Å². The summed E-state index contributed by atoms with van der Waals surface area (Å²) >= 11 is 0. The maximum atomic E-state index is 12.7. The Hall–Kier alpha value is -2.97. The average Bonchev–Trinajstić information content (AvgIpc) is 2.98. The largest absolute Gasteiger partial charge is 0.360 e. The molecule has 1 aromatic heterocycles. The lowest BCUT2D eigenvalue weighted by atomic mass is 10.1. The monoisotopic (exact) mass is 371 g/mol. The molecule has 26 heavy (non-hydrogen) atoms. The molecular formula is C18H17N3O4S. The molecule has 0 bridgehead atoms. The second-order valence-corrected chi connectivity index (χ2v) is 7.34. The van der Waals surface area contributed by atoms with E-state index < -0.39 is 15.9 Å². The van der Waals surface area contributed by atoms with Gasteiger partial charge in [0.05, 0.1) is 4.90 Å². The van der Waals surface area contributed by atoms with Crippen molar-refractivity contribution in [2.45, 2.75) is 18.7 Å². The smallest absolute Gasteiger partial charge is 0.261 e. The third kappa shape index (κ3) is 3.51. The van der Waals surface area contributed by atoms with Gasteiger partial charge in [0.15, 0.2) is 0 Å². The Morgan fingerprint density at radius 3 is 2.46 bits per heavy atom. The fraction of sp³-hybridized carbons (Fsp3) is 0.111. The van der Waals surface area contributed by atoms with Gasteiger partial charge in [0.1, 0.15) is 17.0 Å². The number of hydrogen-bond donors (Lipinski definition) is 2. The second-order valence-electron chi connectivity index (χ2n) is 5.81. The van der Waals surface area contributed by atoms with E-state index in [9.17, 15) is 13.2 Å². The molecule has 3 N–H and O–H groups in total. The normalized spacial score (nSPS) is 11.3. The summed E-state index contributed by atoms with van der Waals surface area (Å²) in [6, 6.07) is 13.7. The summed E-state index contributed by atoms with van der Waals surface area (Å²) < 4.78 is 28.5. The van der Waals surface area contributed by atoms with E-state index >= 15 is 0 Å². The van der Waals surface area contributed by atoms with E-state index in [2.05, 4.69) is 10.5 Å². The fourth-order valence-electron chi connectivity index (χ4n) is 2.61. The molecule has 2 aromatic carbocycles. The van der Waals surface area contributed by atoms with E-state index in [4.69, 9.17) is 9.66 Å². The third-order valence-corrected chi connectivity index (χ3v) is 4.94. The highest BCUT2D eigenvalue weighted by atomic mass is 32.2. The first-order chi connectivity index (χ1) is 12.3.